The molecule has 2 aromatic heterocycles. The summed E-state index contributed by atoms with van der Waals surface area (Å²) in [6, 6.07) is 12.9. The minimum absolute atomic E-state index is 0.0350. The number of anilines is 1. The van der Waals surface area contributed by atoms with Crippen molar-refractivity contribution in [3.05, 3.63) is 83.4 Å². The molecule has 1 saturated carbocycles. The molecule has 3 heterocycles. The number of nitrogens with one attached hydrogen (secondary N) is 1. The predicted molar refractivity (Wildman–Crippen MR) is 177 cm³/mol. The Morgan fingerprint density at radius 1 is 1.08 bits per heavy atom. The van der Waals surface area contributed by atoms with E-state index in [0.717, 1.165) is 47.1 Å². The number of carbonyl (C=O) groups is 1. The fraction of sp³-hybridized carbons (Fsp3) is 0.400. The number of nitrogens with zero attached hydrogens (tertiary/aromatic N) is 5. The Morgan fingerprint density at radius 2 is 1.81 bits per heavy atom. The molecule has 1 aliphatic heterocycles. The van der Waals surface area contributed by atoms with Crippen LogP contribution in [-0.2, 0) is 16.6 Å². The van der Waals surface area contributed by atoms with Gasteiger partial charge in [-0.1, -0.05) is 38.1 Å². The number of hydrogen-bond acceptors (Lipinski definition) is 9. The Kier molecular flexibility index (Phi) is 9.49. The summed E-state index contributed by atoms with van der Waals surface area (Å²) < 4.78 is 42.9. The molecule has 1 amide bonds. The predicted octanol–water partition coefficient (Wildman–Crippen LogP) is 5.25. The smallest absolute Gasteiger partial charge is 0.356 e. The lowest BCUT2D eigenvalue weighted by Crippen LogP contribution is -2.48. The van der Waals surface area contributed by atoms with E-state index in [1.165, 1.54) is 24.4 Å². The molecular formula is C35H41N6O6S+. The minimum Gasteiger partial charge on any atom is -0.483 e. The first-order valence-corrected chi connectivity index (χ1v) is 17.7. The van der Waals surface area contributed by atoms with Gasteiger partial charge in [0, 0.05) is 17.2 Å². The molecule has 4 aromatic rings. The van der Waals surface area contributed by atoms with Crippen LogP contribution in [0.3, 0.4) is 0 Å². The molecule has 2 aromatic carbocycles. The molecule has 1 aliphatic carbocycles. The van der Waals surface area contributed by atoms with E-state index in [9.17, 15) is 18.4 Å². The fourth-order valence-corrected chi connectivity index (χ4v) is 7.35. The summed E-state index contributed by atoms with van der Waals surface area (Å²) in [5, 5.41) is 11.0. The molecule has 1 fully saturated rings. The van der Waals surface area contributed by atoms with Gasteiger partial charge in [0.15, 0.2) is 12.4 Å². The van der Waals surface area contributed by atoms with Crippen molar-refractivity contribution >= 4 is 21.9 Å². The van der Waals surface area contributed by atoms with Gasteiger partial charge < -0.3 is 19.6 Å². The van der Waals surface area contributed by atoms with E-state index in [2.05, 4.69) is 19.7 Å². The van der Waals surface area contributed by atoms with Gasteiger partial charge in [0.2, 0.25) is 17.6 Å². The first-order valence-electron chi connectivity index (χ1n) is 16.3. The van der Waals surface area contributed by atoms with Crippen LogP contribution in [0.5, 0.6) is 11.6 Å². The number of sulfonamides is 1. The second-order valence-electron chi connectivity index (χ2n) is 12.9. The van der Waals surface area contributed by atoms with Crippen molar-refractivity contribution in [1.82, 2.24) is 19.9 Å². The van der Waals surface area contributed by atoms with Crippen molar-refractivity contribution in [3.63, 3.8) is 0 Å². The first kappa shape index (κ1) is 33.1. The molecule has 48 heavy (non-hydrogen) atoms. The lowest BCUT2D eigenvalue weighted by atomic mass is 10.00. The summed E-state index contributed by atoms with van der Waals surface area (Å²) in [6.07, 6.45) is 7.75. The van der Waals surface area contributed by atoms with Crippen molar-refractivity contribution in [2.45, 2.75) is 83.4 Å². The Morgan fingerprint density at radius 3 is 2.52 bits per heavy atom. The Hall–Kier alpha value is -4.78. The summed E-state index contributed by atoms with van der Waals surface area (Å²) in [4.78, 5) is 29.2. The summed E-state index contributed by atoms with van der Waals surface area (Å²) in [5.74, 6) is 0.353. The third-order valence-corrected chi connectivity index (χ3v) is 10.0. The molecule has 6 rings (SSSR count). The first-order chi connectivity index (χ1) is 23.0. The topological polar surface area (TPSA) is 148 Å². The van der Waals surface area contributed by atoms with Gasteiger partial charge in [-0.3, -0.25) is 4.79 Å². The van der Waals surface area contributed by atoms with E-state index in [1.54, 1.807) is 23.2 Å². The third-order valence-electron chi connectivity index (χ3n) is 8.70. The number of ether oxygens (including phenoxy) is 2. The van der Waals surface area contributed by atoms with Gasteiger partial charge in [-0.25, -0.2) is 18.1 Å². The monoisotopic (exact) mass is 673 g/mol. The standard InChI is InChI=1S/C35H41N6O6S/c1-22(2)15-26-21-46-32-17-30(33-23(3)9-7-10-24(33)4)37-35(38-32)39-48(44,45)29-14-8-11-25(16-29)34(42)40(26)20-31-36-18-28(19-41(31)43)47-27-12-5-6-13-27/h7-11,14,16-19,22,26-27,43H,5-6,12-13,15,20-21H2,1-4H3,(H,37,38,39)/q+1/t26-/m1/s1. The molecule has 1 atom stereocenters. The highest BCUT2D eigenvalue weighted by Gasteiger charge is 2.32. The Balaban J connectivity index is 1.42. The van der Waals surface area contributed by atoms with Gasteiger partial charge in [-0.05, 0) is 90.9 Å². The van der Waals surface area contributed by atoms with Crippen molar-refractivity contribution in [1.29, 1.82) is 0 Å². The van der Waals surface area contributed by atoms with E-state index >= 15 is 0 Å². The van der Waals surface area contributed by atoms with Crippen LogP contribution >= 0.6 is 0 Å². The molecule has 0 unspecified atom stereocenters. The zero-order valence-electron chi connectivity index (χ0n) is 27.6. The maximum atomic E-state index is 14.3. The second kappa shape index (κ2) is 13.8. The largest absolute Gasteiger partial charge is 0.483 e. The van der Waals surface area contributed by atoms with Crippen LogP contribution in [0.4, 0.5) is 5.95 Å². The lowest BCUT2D eigenvalue weighted by Gasteiger charge is -2.31. The number of carbonyl (C=O) groups excluding carboxylic acids is 1. The summed E-state index contributed by atoms with van der Waals surface area (Å²) in [5.41, 5.74) is 3.40. The molecule has 4 bridgehead atoms. The Bertz CT molecular complexity index is 1910. The maximum Gasteiger partial charge on any atom is 0.356 e. The third kappa shape index (κ3) is 7.35. The zero-order valence-corrected chi connectivity index (χ0v) is 28.4. The summed E-state index contributed by atoms with van der Waals surface area (Å²) in [6.45, 7) is 7.95. The number of fused-ring (bicyclic) bond motifs is 4. The molecular weight excluding hydrogens is 632 g/mol. The van der Waals surface area contributed by atoms with Gasteiger partial charge >= 0.3 is 5.82 Å². The number of aromatic nitrogens is 4. The minimum atomic E-state index is -4.20. The molecule has 252 valence electrons. The fourth-order valence-electron chi connectivity index (χ4n) is 6.36. The van der Waals surface area contributed by atoms with Crippen LogP contribution in [0.1, 0.15) is 73.3 Å². The van der Waals surface area contributed by atoms with Crippen molar-refractivity contribution in [3.8, 4) is 22.9 Å². The summed E-state index contributed by atoms with van der Waals surface area (Å²) >= 11 is 0. The molecule has 0 saturated heterocycles. The van der Waals surface area contributed by atoms with Gasteiger partial charge in [0.25, 0.3) is 15.9 Å². The van der Waals surface area contributed by atoms with Crippen LogP contribution in [-0.4, -0.2) is 58.1 Å². The van der Waals surface area contributed by atoms with Gasteiger partial charge in [-0.2, -0.15) is 4.98 Å². The average Bonchev–Trinajstić information content (AvgIpc) is 3.55. The van der Waals surface area contributed by atoms with Gasteiger partial charge in [0.1, 0.15) is 13.2 Å². The number of hydrogen-bond donors (Lipinski definition) is 2. The second-order valence-corrected chi connectivity index (χ2v) is 14.6. The van der Waals surface area contributed by atoms with E-state index in [0.29, 0.717) is 17.9 Å². The number of rotatable bonds is 7. The van der Waals surface area contributed by atoms with E-state index < -0.39 is 22.0 Å². The molecule has 0 spiro atoms. The van der Waals surface area contributed by atoms with Crippen molar-refractivity contribution in [2.24, 2.45) is 5.92 Å². The highest BCUT2D eigenvalue weighted by atomic mass is 32.2. The van der Waals surface area contributed by atoms with E-state index in [-0.39, 0.29) is 53.3 Å². The summed E-state index contributed by atoms with van der Waals surface area (Å²) in [7, 11) is -4.20. The van der Waals surface area contributed by atoms with Crippen LogP contribution in [0.2, 0.25) is 0 Å². The highest BCUT2D eigenvalue weighted by Crippen LogP contribution is 2.31. The van der Waals surface area contributed by atoms with Crippen LogP contribution in [0.15, 0.2) is 65.8 Å². The normalized spacial score (nSPS) is 18.0. The molecule has 2 aliphatic rings. The number of amides is 1. The van der Waals surface area contributed by atoms with Crippen LogP contribution in [0, 0.1) is 19.8 Å². The van der Waals surface area contributed by atoms with Gasteiger partial charge in [0.05, 0.1) is 22.7 Å². The molecule has 12 nitrogen and oxygen atoms in total. The maximum absolute atomic E-state index is 14.3. The van der Waals surface area contributed by atoms with Gasteiger partial charge in [-0.15, -0.1) is 0 Å². The molecule has 2 N–H and O–H groups in total. The van der Waals surface area contributed by atoms with E-state index in [1.807, 2.05) is 45.9 Å². The quantitative estimate of drug-likeness (QED) is 0.198. The molecule has 13 heteroatoms. The number of benzene rings is 2. The lowest BCUT2D eigenvalue weighted by molar-refractivity contribution is -0.912. The average molecular weight is 674 g/mol. The molecule has 0 radical (unpaired) electrons. The Labute approximate surface area is 280 Å². The van der Waals surface area contributed by atoms with Crippen molar-refractivity contribution < 1.29 is 32.6 Å². The van der Waals surface area contributed by atoms with Crippen molar-refractivity contribution in [2.75, 3.05) is 11.3 Å². The zero-order chi connectivity index (χ0) is 34.0. The number of aryl methyl sites for hydroxylation is 2. The highest BCUT2D eigenvalue weighted by molar-refractivity contribution is 7.92. The van der Waals surface area contributed by atoms with Crippen LogP contribution < -0.4 is 18.9 Å². The van der Waals surface area contributed by atoms with Crippen LogP contribution in [0.25, 0.3) is 11.3 Å². The van der Waals surface area contributed by atoms with E-state index in [4.69, 9.17) is 9.47 Å². The SMILES string of the molecule is Cc1cccc(C)c1-c1cc2nc(n1)NS(=O)(=O)c1cccc(c1)C(=O)N(Cc1ncc(OC3CCCC3)c[n+]1O)[C@H](CC(C)C)CO2.